The second-order valence-electron chi connectivity index (χ2n) is 5.08. The summed E-state index contributed by atoms with van der Waals surface area (Å²) in [5, 5.41) is 0. The summed E-state index contributed by atoms with van der Waals surface area (Å²) < 4.78 is 5.23. The summed E-state index contributed by atoms with van der Waals surface area (Å²) in [6.45, 7) is 5.37. The van der Waals surface area contributed by atoms with Crippen molar-refractivity contribution in [1.82, 2.24) is 4.90 Å². The molecule has 0 N–H and O–H groups in total. The van der Waals surface area contributed by atoms with Crippen LogP contribution < -0.4 is 0 Å². The molecule has 0 saturated heterocycles. The van der Waals surface area contributed by atoms with Crippen LogP contribution in [-0.2, 0) is 9.53 Å². The molecule has 1 amide bonds. The first-order valence-electron chi connectivity index (χ1n) is 5.81. The van der Waals surface area contributed by atoms with E-state index in [1.807, 2.05) is 18.2 Å². The molecule has 0 aliphatic heterocycles. The lowest BCUT2D eigenvalue weighted by Gasteiger charge is -2.28. The van der Waals surface area contributed by atoms with Crippen LogP contribution in [-0.4, -0.2) is 29.9 Å². The Morgan fingerprint density at radius 1 is 1.28 bits per heavy atom. The lowest BCUT2D eigenvalue weighted by atomic mass is 10.1. The molecule has 1 rings (SSSR count). The summed E-state index contributed by atoms with van der Waals surface area (Å²) in [7, 11) is 1.56. The molecule has 1 atom stereocenters. The fourth-order valence-corrected chi connectivity index (χ4v) is 1.49. The number of amides is 1. The minimum atomic E-state index is -0.624. The van der Waals surface area contributed by atoms with Crippen molar-refractivity contribution < 1.29 is 14.3 Å². The minimum Gasteiger partial charge on any atom is -0.444 e. The average Bonchev–Trinajstić information content (AvgIpc) is 2.29. The van der Waals surface area contributed by atoms with Crippen molar-refractivity contribution in [3.63, 3.8) is 0 Å². The lowest BCUT2D eigenvalue weighted by Crippen LogP contribution is -2.37. The van der Waals surface area contributed by atoms with Crippen molar-refractivity contribution in [3.05, 3.63) is 35.9 Å². The van der Waals surface area contributed by atoms with Gasteiger partial charge in [0, 0.05) is 7.05 Å². The van der Waals surface area contributed by atoms with E-state index in [0.717, 1.165) is 11.8 Å². The van der Waals surface area contributed by atoms with E-state index in [9.17, 15) is 9.59 Å². The summed E-state index contributed by atoms with van der Waals surface area (Å²) in [5.41, 5.74) is 0.191. The number of rotatable bonds is 3. The number of aldehydes is 1. The quantitative estimate of drug-likeness (QED) is 0.774. The van der Waals surface area contributed by atoms with Gasteiger partial charge in [-0.05, 0) is 26.3 Å². The van der Waals surface area contributed by atoms with E-state index in [1.165, 1.54) is 4.90 Å². The van der Waals surface area contributed by atoms with Gasteiger partial charge in [-0.15, -0.1) is 0 Å². The predicted octanol–water partition coefficient (Wildman–Crippen LogP) is 2.79. The average molecular weight is 249 g/mol. The van der Waals surface area contributed by atoms with Gasteiger partial charge >= 0.3 is 6.09 Å². The summed E-state index contributed by atoms with van der Waals surface area (Å²) in [4.78, 5) is 24.3. The number of carbonyl (C=O) groups is 2. The van der Waals surface area contributed by atoms with Crippen molar-refractivity contribution in [3.8, 4) is 0 Å². The molecule has 0 aliphatic rings. The SMILES string of the molecule is CN(C(=O)OC(C)(C)C)C(C=O)c1ccccc1. The summed E-state index contributed by atoms with van der Waals surface area (Å²) in [5.74, 6) is 0. The van der Waals surface area contributed by atoms with E-state index in [0.29, 0.717) is 0 Å². The Morgan fingerprint density at radius 3 is 2.28 bits per heavy atom. The Morgan fingerprint density at radius 2 is 1.83 bits per heavy atom. The molecule has 0 radical (unpaired) electrons. The van der Waals surface area contributed by atoms with Crippen LogP contribution in [0.25, 0.3) is 0 Å². The number of benzene rings is 1. The predicted molar refractivity (Wildman–Crippen MR) is 69.2 cm³/mol. The van der Waals surface area contributed by atoms with Gasteiger partial charge in [0.1, 0.15) is 17.9 Å². The summed E-state index contributed by atoms with van der Waals surface area (Å²) >= 11 is 0. The smallest absolute Gasteiger partial charge is 0.410 e. The fraction of sp³-hybridized carbons (Fsp3) is 0.429. The maximum absolute atomic E-state index is 11.9. The molecule has 4 heteroatoms. The molecule has 4 nitrogen and oxygen atoms in total. The molecule has 1 aromatic rings. The third-order valence-corrected chi connectivity index (χ3v) is 2.37. The van der Waals surface area contributed by atoms with Crippen LogP contribution in [0.1, 0.15) is 32.4 Å². The van der Waals surface area contributed by atoms with Crippen LogP contribution in [0.3, 0.4) is 0 Å². The number of hydrogen-bond acceptors (Lipinski definition) is 3. The van der Waals surface area contributed by atoms with E-state index in [1.54, 1.807) is 40.0 Å². The first-order valence-corrected chi connectivity index (χ1v) is 5.81. The van der Waals surface area contributed by atoms with Crippen LogP contribution in [0.2, 0.25) is 0 Å². The van der Waals surface area contributed by atoms with Gasteiger partial charge in [0.05, 0.1) is 0 Å². The second kappa shape index (κ2) is 5.67. The second-order valence-corrected chi connectivity index (χ2v) is 5.08. The van der Waals surface area contributed by atoms with Crippen LogP contribution in [0.5, 0.6) is 0 Å². The maximum atomic E-state index is 11.9. The molecule has 1 unspecified atom stereocenters. The largest absolute Gasteiger partial charge is 0.444 e. The monoisotopic (exact) mass is 249 g/mol. The van der Waals surface area contributed by atoms with Crippen molar-refractivity contribution in [2.24, 2.45) is 0 Å². The molecule has 1 aromatic carbocycles. The van der Waals surface area contributed by atoms with Gasteiger partial charge in [-0.25, -0.2) is 4.79 Å². The van der Waals surface area contributed by atoms with Gasteiger partial charge < -0.3 is 9.53 Å². The standard InChI is InChI=1S/C14H19NO3/c1-14(2,3)18-13(17)15(4)12(10-16)11-8-6-5-7-9-11/h5-10,12H,1-4H3. The van der Waals surface area contributed by atoms with E-state index in [4.69, 9.17) is 4.74 Å². The molecule has 0 aromatic heterocycles. The van der Waals surface area contributed by atoms with Crippen LogP contribution >= 0.6 is 0 Å². The highest BCUT2D eigenvalue weighted by Crippen LogP contribution is 2.19. The third kappa shape index (κ3) is 3.87. The fourth-order valence-electron chi connectivity index (χ4n) is 1.49. The highest BCUT2D eigenvalue weighted by atomic mass is 16.6. The maximum Gasteiger partial charge on any atom is 0.410 e. The van der Waals surface area contributed by atoms with E-state index in [2.05, 4.69) is 0 Å². The molecule has 98 valence electrons. The number of ether oxygens (including phenoxy) is 1. The third-order valence-electron chi connectivity index (χ3n) is 2.37. The first kappa shape index (κ1) is 14.2. The number of carbonyl (C=O) groups excluding carboxylic acids is 2. The normalized spacial score (nSPS) is 12.7. The highest BCUT2D eigenvalue weighted by molar-refractivity contribution is 5.74. The van der Waals surface area contributed by atoms with Gasteiger partial charge in [0.25, 0.3) is 0 Å². The van der Waals surface area contributed by atoms with E-state index < -0.39 is 17.7 Å². The molecular formula is C14H19NO3. The highest BCUT2D eigenvalue weighted by Gasteiger charge is 2.25. The van der Waals surface area contributed by atoms with E-state index in [-0.39, 0.29) is 0 Å². The molecule has 0 fully saturated rings. The topological polar surface area (TPSA) is 46.6 Å². The molecule has 0 saturated carbocycles. The van der Waals surface area contributed by atoms with Gasteiger partial charge in [-0.2, -0.15) is 0 Å². The van der Waals surface area contributed by atoms with Crippen LogP contribution in [0.15, 0.2) is 30.3 Å². The Balaban J connectivity index is 2.84. The van der Waals surface area contributed by atoms with Gasteiger partial charge in [-0.3, -0.25) is 4.90 Å². The van der Waals surface area contributed by atoms with Gasteiger partial charge in [0.2, 0.25) is 0 Å². The number of likely N-dealkylation sites (N-methyl/N-ethyl adjacent to an activating group) is 1. The molecule has 0 bridgehead atoms. The van der Waals surface area contributed by atoms with Crippen LogP contribution in [0.4, 0.5) is 4.79 Å². The minimum absolute atomic E-state index is 0.511. The van der Waals surface area contributed by atoms with Crippen LogP contribution in [0, 0.1) is 0 Å². The number of hydrogen-bond donors (Lipinski definition) is 0. The van der Waals surface area contributed by atoms with Crippen molar-refractivity contribution >= 4 is 12.4 Å². The lowest BCUT2D eigenvalue weighted by molar-refractivity contribution is -0.112. The van der Waals surface area contributed by atoms with Crippen molar-refractivity contribution in [2.75, 3.05) is 7.05 Å². The van der Waals surface area contributed by atoms with E-state index >= 15 is 0 Å². The summed E-state index contributed by atoms with van der Waals surface area (Å²) in [6, 6.07) is 8.50. The zero-order valence-electron chi connectivity index (χ0n) is 11.2. The van der Waals surface area contributed by atoms with Gasteiger partial charge in [0.15, 0.2) is 0 Å². The Kier molecular flexibility index (Phi) is 4.48. The summed E-state index contributed by atoms with van der Waals surface area (Å²) in [6.07, 6.45) is 0.225. The van der Waals surface area contributed by atoms with Gasteiger partial charge in [-0.1, -0.05) is 30.3 Å². The number of nitrogens with zero attached hydrogens (tertiary/aromatic N) is 1. The molecule has 0 spiro atoms. The van der Waals surface area contributed by atoms with Crippen molar-refractivity contribution in [2.45, 2.75) is 32.4 Å². The van der Waals surface area contributed by atoms with Crippen molar-refractivity contribution in [1.29, 1.82) is 0 Å². The molecule has 18 heavy (non-hydrogen) atoms. The Hall–Kier alpha value is -1.84. The molecule has 0 heterocycles. The zero-order chi connectivity index (χ0) is 13.8. The molecule has 0 aliphatic carbocycles. The zero-order valence-corrected chi connectivity index (χ0v) is 11.2. The Labute approximate surface area is 108 Å². The Bertz CT molecular complexity index is 409. The first-order chi connectivity index (χ1) is 8.35. The molecular weight excluding hydrogens is 230 g/mol.